The molecule has 2 aromatic heterocycles. The Morgan fingerprint density at radius 1 is 1.39 bits per heavy atom. The van der Waals surface area contributed by atoms with E-state index in [-0.39, 0.29) is 6.04 Å². The van der Waals surface area contributed by atoms with E-state index in [9.17, 15) is 0 Å². The highest BCUT2D eigenvalue weighted by Gasteiger charge is 2.30. The molecule has 3 nitrogen and oxygen atoms in total. The first kappa shape index (κ1) is 11.7. The third-order valence-electron chi connectivity index (χ3n) is 3.33. The zero-order valence-corrected chi connectivity index (χ0v) is 11.8. The summed E-state index contributed by atoms with van der Waals surface area (Å²) in [6, 6.07) is 8.83. The van der Waals surface area contributed by atoms with Gasteiger partial charge in [0.15, 0.2) is 5.11 Å². The second-order valence-corrected chi connectivity index (χ2v) is 5.66. The van der Waals surface area contributed by atoms with Crippen LogP contribution in [0.4, 0.5) is 0 Å². The van der Waals surface area contributed by atoms with Crippen LogP contribution in [0.3, 0.4) is 0 Å². The molecule has 0 fully saturated rings. The Morgan fingerprint density at radius 3 is 3.00 bits per heavy atom. The predicted molar refractivity (Wildman–Crippen MR) is 79.0 cm³/mol. The van der Waals surface area contributed by atoms with Gasteiger partial charge in [0.2, 0.25) is 0 Å². The molecule has 18 heavy (non-hydrogen) atoms. The average Bonchev–Trinajstić information content (AvgIpc) is 3.07. The zero-order chi connectivity index (χ0) is 12.5. The maximum absolute atomic E-state index is 5.44. The molecule has 0 saturated carbocycles. The lowest BCUT2D eigenvalue weighted by Gasteiger charge is -2.38. The number of hydrogen-bond acceptors (Lipinski definition) is 2. The second-order valence-electron chi connectivity index (χ2n) is 4.29. The molecule has 94 valence electrons. The highest BCUT2D eigenvalue weighted by atomic mass is 32.1. The van der Waals surface area contributed by atoms with E-state index in [0.29, 0.717) is 0 Å². The summed E-state index contributed by atoms with van der Waals surface area (Å²) < 4.78 is 2.32. The van der Waals surface area contributed by atoms with Crippen molar-refractivity contribution in [1.29, 1.82) is 0 Å². The Hall–Kier alpha value is -1.33. The summed E-state index contributed by atoms with van der Waals surface area (Å²) in [5.41, 5.74) is 1.32. The Morgan fingerprint density at radius 2 is 2.28 bits per heavy atom. The van der Waals surface area contributed by atoms with E-state index in [1.165, 1.54) is 10.6 Å². The van der Waals surface area contributed by atoms with Gasteiger partial charge in [0.25, 0.3) is 0 Å². The zero-order valence-electron chi connectivity index (χ0n) is 10.2. The summed E-state index contributed by atoms with van der Waals surface area (Å²) in [6.07, 6.45) is 2.15. The van der Waals surface area contributed by atoms with Crippen LogP contribution < -0.4 is 5.32 Å². The summed E-state index contributed by atoms with van der Waals surface area (Å²) in [4.78, 5) is 3.61. The molecule has 0 saturated heterocycles. The SMILES string of the molecule is CNC(=S)N1CCn2cccc2[C@H]1c1cccs1. The summed E-state index contributed by atoms with van der Waals surface area (Å²) in [5, 5.41) is 6.05. The van der Waals surface area contributed by atoms with E-state index in [4.69, 9.17) is 12.2 Å². The molecule has 0 aliphatic carbocycles. The van der Waals surface area contributed by atoms with E-state index in [0.717, 1.165) is 18.2 Å². The number of aromatic nitrogens is 1. The van der Waals surface area contributed by atoms with Crippen molar-refractivity contribution in [3.8, 4) is 0 Å². The summed E-state index contributed by atoms with van der Waals surface area (Å²) >= 11 is 7.23. The molecule has 1 aliphatic rings. The van der Waals surface area contributed by atoms with Crippen molar-refractivity contribution in [2.75, 3.05) is 13.6 Å². The standard InChI is InChI=1S/C13H15N3S2/c1-14-13(17)16-8-7-15-6-2-4-10(15)12(16)11-5-3-9-18-11/h2-6,9,12H,7-8H2,1H3,(H,14,17)/t12-/m0/s1. The number of rotatable bonds is 1. The summed E-state index contributed by atoms with van der Waals surface area (Å²) in [6.45, 7) is 1.94. The fraction of sp³-hybridized carbons (Fsp3) is 0.308. The van der Waals surface area contributed by atoms with Crippen LogP contribution >= 0.6 is 23.6 Å². The monoisotopic (exact) mass is 277 g/mol. The van der Waals surface area contributed by atoms with Gasteiger partial charge in [-0.25, -0.2) is 0 Å². The van der Waals surface area contributed by atoms with Crippen molar-refractivity contribution < 1.29 is 0 Å². The van der Waals surface area contributed by atoms with E-state index < -0.39 is 0 Å². The van der Waals surface area contributed by atoms with Crippen molar-refractivity contribution in [1.82, 2.24) is 14.8 Å². The van der Waals surface area contributed by atoms with Crippen LogP contribution in [0, 0.1) is 0 Å². The van der Waals surface area contributed by atoms with Gasteiger partial charge in [-0.15, -0.1) is 11.3 Å². The number of nitrogens with zero attached hydrogens (tertiary/aromatic N) is 2. The predicted octanol–water partition coefficient (Wildman–Crippen LogP) is 2.46. The first-order valence-electron chi connectivity index (χ1n) is 5.98. The van der Waals surface area contributed by atoms with Gasteiger partial charge in [0, 0.05) is 36.9 Å². The van der Waals surface area contributed by atoms with Gasteiger partial charge >= 0.3 is 0 Å². The fourth-order valence-electron chi connectivity index (χ4n) is 2.49. The first-order valence-corrected chi connectivity index (χ1v) is 7.27. The largest absolute Gasteiger partial charge is 0.366 e. The van der Waals surface area contributed by atoms with Gasteiger partial charge in [0.05, 0.1) is 0 Å². The molecular formula is C13H15N3S2. The minimum Gasteiger partial charge on any atom is -0.366 e. The molecule has 5 heteroatoms. The van der Waals surface area contributed by atoms with Crippen LogP contribution in [0.2, 0.25) is 0 Å². The van der Waals surface area contributed by atoms with Crippen LogP contribution in [0.25, 0.3) is 0 Å². The van der Waals surface area contributed by atoms with Crippen LogP contribution in [0.5, 0.6) is 0 Å². The molecule has 2 aromatic rings. The third kappa shape index (κ3) is 1.83. The van der Waals surface area contributed by atoms with E-state index in [1.54, 1.807) is 11.3 Å². The molecule has 1 atom stereocenters. The van der Waals surface area contributed by atoms with Crippen molar-refractivity contribution >= 4 is 28.7 Å². The van der Waals surface area contributed by atoms with Gasteiger partial charge in [-0.3, -0.25) is 0 Å². The molecule has 0 unspecified atom stereocenters. The van der Waals surface area contributed by atoms with Crippen LogP contribution in [0.15, 0.2) is 35.8 Å². The summed E-state index contributed by atoms with van der Waals surface area (Å²) in [7, 11) is 1.89. The number of nitrogens with one attached hydrogen (secondary N) is 1. The molecule has 1 aliphatic heterocycles. The van der Waals surface area contributed by atoms with Crippen molar-refractivity contribution in [2.45, 2.75) is 12.6 Å². The Bertz CT molecular complexity index is 544. The van der Waals surface area contributed by atoms with Crippen molar-refractivity contribution in [2.24, 2.45) is 0 Å². The van der Waals surface area contributed by atoms with Gasteiger partial charge in [-0.05, 0) is 35.8 Å². The lowest BCUT2D eigenvalue weighted by atomic mass is 10.1. The molecule has 3 rings (SSSR count). The minimum atomic E-state index is 0.244. The van der Waals surface area contributed by atoms with Gasteiger partial charge in [-0.1, -0.05) is 6.07 Å². The molecule has 1 N–H and O–H groups in total. The molecule has 0 bridgehead atoms. The van der Waals surface area contributed by atoms with Gasteiger partial charge in [0.1, 0.15) is 6.04 Å². The quantitative estimate of drug-likeness (QED) is 0.809. The van der Waals surface area contributed by atoms with Crippen LogP contribution in [0.1, 0.15) is 16.6 Å². The number of hydrogen-bond donors (Lipinski definition) is 1. The number of thiophene rings is 1. The summed E-state index contributed by atoms with van der Waals surface area (Å²) in [5.74, 6) is 0. The number of thiocarbonyl (C=S) groups is 1. The molecule has 3 heterocycles. The Balaban J connectivity index is 2.05. The van der Waals surface area contributed by atoms with Gasteiger partial charge in [-0.2, -0.15) is 0 Å². The normalized spacial score (nSPS) is 18.5. The average molecular weight is 277 g/mol. The highest BCUT2D eigenvalue weighted by Crippen LogP contribution is 2.34. The third-order valence-corrected chi connectivity index (χ3v) is 4.69. The highest BCUT2D eigenvalue weighted by molar-refractivity contribution is 7.80. The molecule has 0 aromatic carbocycles. The lowest BCUT2D eigenvalue weighted by Crippen LogP contribution is -2.45. The van der Waals surface area contributed by atoms with Crippen LogP contribution in [-0.4, -0.2) is 28.2 Å². The van der Waals surface area contributed by atoms with Crippen LogP contribution in [-0.2, 0) is 6.54 Å². The van der Waals surface area contributed by atoms with E-state index >= 15 is 0 Å². The smallest absolute Gasteiger partial charge is 0.169 e. The molecular weight excluding hydrogens is 262 g/mol. The Labute approximate surface area is 116 Å². The first-order chi connectivity index (χ1) is 8.81. The topological polar surface area (TPSA) is 20.2 Å². The van der Waals surface area contributed by atoms with Gasteiger partial charge < -0.3 is 14.8 Å². The van der Waals surface area contributed by atoms with Crippen molar-refractivity contribution in [3.63, 3.8) is 0 Å². The molecule has 0 amide bonds. The van der Waals surface area contributed by atoms with E-state index in [2.05, 4.69) is 50.6 Å². The Kier molecular flexibility index (Phi) is 3.09. The van der Waals surface area contributed by atoms with Crippen molar-refractivity contribution in [3.05, 3.63) is 46.4 Å². The maximum atomic E-state index is 5.44. The molecule has 0 spiro atoms. The lowest BCUT2D eigenvalue weighted by molar-refractivity contribution is 0.291. The molecule has 0 radical (unpaired) electrons. The number of fused-ring (bicyclic) bond motifs is 1. The second kappa shape index (κ2) is 4.74. The van der Waals surface area contributed by atoms with E-state index in [1.807, 2.05) is 7.05 Å². The fourth-order valence-corrected chi connectivity index (χ4v) is 3.54. The maximum Gasteiger partial charge on any atom is 0.169 e. The minimum absolute atomic E-state index is 0.244.